The maximum absolute atomic E-state index is 12.6. The van der Waals surface area contributed by atoms with Crippen LogP contribution in [-0.2, 0) is 0 Å². The Morgan fingerprint density at radius 2 is 2.03 bits per heavy atom. The lowest BCUT2D eigenvalue weighted by Gasteiger charge is -2.36. The Hall–Kier alpha value is -3.20. The summed E-state index contributed by atoms with van der Waals surface area (Å²) in [4.78, 5) is 32.2. The minimum Gasteiger partial charge on any atom is -0.487 e. The van der Waals surface area contributed by atoms with Gasteiger partial charge in [-0.05, 0) is 38.1 Å². The van der Waals surface area contributed by atoms with Crippen LogP contribution in [0.4, 0.5) is 11.5 Å². The van der Waals surface area contributed by atoms with E-state index in [4.69, 9.17) is 4.74 Å². The van der Waals surface area contributed by atoms with Gasteiger partial charge in [-0.1, -0.05) is 6.07 Å². The van der Waals surface area contributed by atoms with E-state index in [0.29, 0.717) is 13.2 Å². The van der Waals surface area contributed by atoms with Crippen molar-refractivity contribution in [1.82, 2.24) is 15.2 Å². The highest BCUT2D eigenvalue weighted by atomic mass is 16.6. The molecule has 1 saturated heterocycles. The molecular weight excluding hydrogens is 386 g/mol. The number of nitro benzene ring substituents is 1. The number of ether oxygens (including phenoxy) is 1. The molecule has 1 aliphatic heterocycles. The average molecular weight is 413 g/mol. The standard InChI is InChI=1S/C21H27N5O4/c1-3-30-19-8-7-17(14-18(19)26(28)29)21(27)23-16(2)15-24-10-12-25(13-11-24)20-6-4-5-9-22-20/h4-9,14,16H,3,10-13,15H2,1-2H3,(H,23,27). The van der Waals surface area contributed by atoms with Crippen molar-refractivity contribution in [1.29, 1.82) is 0 Å². The maximum atomic E-state index is 12.6. The molecule has 1 atom stereocenters. The quantitative estimate of drug-likeness (QED) is 0.523. The number of rotatable bonds is 8. The molecule has 30 heavy (non-hydrogen) atoms. The number of aromatic nitrogens is 1. The fourth-order valence-electron chi connectivity index (χ4n) is 3.52. The summed E-state index contributed by atoms with van der Waals surface area (Å²) in [5.41, 5.74) is 0.0415. The van der Waals surface area contributed by atoms with Gasteiger partial charge in [-0.3, -0.25) is 19.8 Å². The number of nitro groups is 1. The summed E-state index contributed by atoms with van der Waals surface area (Å²) in [6.45, 7) is 8.23. The number of nitrogens with one attached hydrogen (secondary N) is 1. The molecule has 1 amide bonds. The fraction of sp³-hybridized carbons (Fsp3) is 0.429. The number of hydrogen-bond donors (Lipinski definition) is 1. The van der Waals surface area contributed by atoms with Gasteiger partial charge in [0.15, 0.2) is 5.75 Å². The van der Waals surface area contributed by atoms with Crippen molar-refractivity contribution in [3.63, 3.8) is 0 Å². The Bertz CT molecular complexity index is 869. The van der Waals surface area contributed by atoms with Gasteiger partial charge in [0.25, 0.3) is 5.91 Å². The minimum absolute atomic E-state index is 0.0930. The van der Waals surface area contributed by atoms with Gasteiger partial charge >= 0.3 is 5.69 Å². The molecule has 0 aliphatic carbocycles. The predicted molar refractivity (Wildman–Crippen MR) is 114 cm³/mol. The highest BCUT2D eigenvalue weighted by molar-refractivity contribution is 5.95. The molecule has 3 rings (SSSR count). The molecule has 2 heterocycles. The van der Waals surface area contributed by atoms with Crippen LogP contribution in [0.5, 0.6) is 5.75 Å². The zero-order valence-corrected chi connectivity index (χ0v) is 17.3. The molecule has 9 nitrogen and oxygen atoms in total. The Balaban J connectivity index is 1.52. The first-order valence-electron chi connectivity index (χ1n) is 10.1. The first-order chi connectivity index (χ1) is 14.5. The van der Waals surface area contributed by atoms with Crippen LogP contribution in [0, 0.1) is 10.1 Å². The summed E-state index contributed by atoms with van der Waals surface area (Å²) in [6.07, 6.45) is 1.80. The van der Waals surface area contributed by atoms with E-state index < -0.39 is 4.92 Å². The number of nitrogens with zero attached hydrogens (tertiary/aromatic N) is 4. The number of carbonyl (C=O) groups is 1. The van der Waals surface area contributed by atoms with E-state index in [2.05, 4.69) is 20.1 Å². The topological polar surface area (TPSA) is 101 Å². The van der Waals surface area contributed by atoms with Crippen LogP contribution >= 0.6 is 0 Å². The second-order valence-corrected chi connectivity index (χ2v) is 7.22. The van der Waals surface area contributed by atoms with Crippen molar-refractivity contribution in [3.05, 3.63) is 58.3 Å². The first kappa shape index (κ1) is 21.5. The van der Waals surface area contributed by atoms with Crippen LogP contribution in [0.15, 0.2) is 42.6 Å². The van der Waals surface area contributed by atoms with Crippen LogP contribution in [0.2, 0.25) is 0 Å². The molecule has 0 bridgehead atoms. The zero-order valence-electron chi connectivity index (χ0n) is 17.3. The molecule has 0 spiro atoms. The first-order valence-corrected chi connectivity index (χ1v) is 10.1. The fourth-order valence-corrected chi connectivity index (χ4v) is 3.52. The number of benzene rings is 1. The largest absolute Gasteiger partial charge is 0.487 e. The van der Waals surface area contributed by atoms with Gasteiger partial charge < -0.3 is 15.0 Å². The van der Waals surface area contributed by atoms with Gasteiger partial charge in [-0.2, -0.15) is 0 Å². The van der Waals surface area contributed by atoms with Crippen molar-refractivity contribution in [2.24, 2.45) is 0 Å². The van der Waals surface area contributed by atoms with Crippen molar-refractivity contribution in [2.75, 3.05) is 44.2 Å². The molecule has 2 aromatic rings. The summed E-state index contributed by atoms with van der Waals surface area (Å²) in [5, 5.41) is 14.2. The number of carbonyl (C=O) groups excluding carboxylic acids is 1. The number of amides is 1. The Morgan fingerprint density at radius 3 is 2.67 bits per heavy atom. The van der Waals surface area contributed by atoms with Crippen LogP contribution in [0.25, 0.3) is 0 Å². The molecule has 1 aliphatic rings. The molecule has 1 aromatic carbocycles. The molecule has 9 heteroatoms. The second-order valence-electron chi connectivity index (χ2n) is 7.22. The number of pyridine rings is 1. The monoisotopic (exact) mass is 413 g/mol. The summed E-state index contributed by atoms with van der Waals surface area (Å²) < 4.78 is 5.27. The van der Waals surface area contributed by atoms with E-state index in [1.54, 1.807) is 19.2 Å². The third-order valence-electron chi connectivity index (χ3n) is 4.97. The van der Waals surface area contributed by atoms with Gasteiger partial charge in [-0.25, -0.2) is 4.98 Å². The van der Waals surface area contributed by atoms with Crippen molar-refractivity contribution >= 4 is 17.4 Å². The Morgan fingerprint density at radius 1 is 1.27 bits per heavy atom. The molecular formula is C21H27N5O4. The van der Waals surface area contributed by atoms with Gasteiger partial charge in [-0.15, -0.1) is 0 Å². The second kappa shape index (κ2) is 10.0. The Labute approximate surface area is 175 Å². The molecule has 160 valence electrons. The summed E-state index contributed by atoms with van der Waals surface area (Å²) in [7, 11) is 0. The Kier molecular flexibility index (Phi) is 7.18. The van der Waals surface area contributed by atoms with Gasteiger partial charge in [0.05, 0.1) is 11.5 Å². The highest BCUT2D eigenvalue weighted by Gasteiger charge is 2.22. The van der Waals surface area contributed by atoms with Gasteiger partial charge in [0.2, 0.25) is 0 Å². The third-order valence-corrected chi connectivity index (χ3v) is 4.97. The lowest BCUT2D eigenvalue weighted by Crippen LogP contribution is -2.51. The van der Waals surface area contributed by atoms with E-state index in [1.165, 1.54) is 12.1 Å². The van der Waals surface area contributed by atoms with Crippen molar-refractivity contribution in [2.45, 2.75) is 19.9 Å². The molecule has 0 saturated carbocycles. The number of piperazine rings is 1. The summed E-state index contributed by atoms with van der Waals surface area (Å²) >= 11 is 0. The number of anilines is 1. The zero-order chi connectivity index (χ0) is 21.5. The van der Waals surface area contributed by atoms with Gasteiger partial charge in [0.1, 0.15) is 5.82 Å². The van der Waals surface area contributed by atoms with E-state index in [1.807, 2.05) is 25.1 Å². The van der Waals surface area contributed by atoms with Crippen LogP contribution in [0.1, 0.15) is 24.2 Å². The summed E-state index contributed by atoms with van der Waals surface area (Å²) in [6, 6.07) is 10.1. The molecule has 1 unspecified atom stereocenters. The van der Waals surface area contributed by atoms with Crippen molar-refractivity contribution < 1.29 is 14.5 Å². The SMILES string of the molecule is CCOc1ccc(C(=O)NC(C)CN2CCN(c3ccccn3)CC2)cc1[N+](=O)[O-]. The summed E-state index contributed by atoms with van der Waals surface area (Å²) in [5.74, 6) is 0.814. The van der Waals surface area contributed by atoms with Crippen LogP contribution < -0.4 is 15.0 Å². The van der Waals surface area contributed by atoms with E-state index in [9.17, 15) is 14.9 Å². The third kappa shape index (κ3) is 5.44. The lowest BCUT2D eigenvalue weighted by atomic mass is 10.1. The molecule has 1 fully saturated rings. The minimum atomic E-state index is -0.535. The van der Waals surface area contributed by atoms with Crippen LogP contribution in [-0.4, -0.2) is 66.1 Å². The predicted octanol–water partition coefficient (Wildman–Crippen LogP) is 2.33. The van der Waals surface area contributed by atoms with Crippen molar-refractivity contribution in [3.8, 4) is 5.75 Å². The van der Waals surface area contributed by atoms with E-state index in [0.717, 1.165) is 32.0 Å². The van der Waals surface area contributed by atoms with Gasteiger partial charge in [0, 0.05) is 56.6 Å². The maximum Gasteiger partial charge on any atom is 0.311 e. The normalized spacial score (nSPS) is 15.5. The molecule has 1 aromatic heterocycles. The van der Waals surface area contributed by atoms with E-state index in [-0.39, 0.29) is 28.9 Å². The highest BCUT2D eigenvalue weighted by Crippen LogP contribution is 2.28. The lowest BCUT2D eigenvalue weighted by molar-refractivity contribution is -0.385. The smallest absolute Gasteiger partial charge is 0.311 e. The average Bonchev–Trinajstić information content (AvgIpc) is 2.75. The van der Waals surface area contributed by atoms with E-state index >= 15 is 0 Å². The van der Waals surface area contributed by atoms with Crippen LogP contribution in [0.3, 0.4) is 0 Å². The number of hydrogen-bond acceptors (Lipinski definition) is 7. The molecule has 1 N–H and O–H groups in total. The molecule has 0 radical (unpaired) electrons.